The van der Waals surface area contributed by atoms with Gasteiger partial charge in [0.05, 0.1) is 11.0 Å². The predicted molar refractivity (Wildman–Crippen MR) is 115 cm³/mol. The van der Waals surface area contributed by atoms with E-state index in [-0.39, 0.29) is 30.5 Å². The average molecular weight is 403 g/mol. The number of amides is 1. The standard InChI is InChI=1S/C21H26N4O2.ClH/c1-2-24-18-11-6-7-12-19(18)25(21(24)27)16-20(26)23(14-8-13-22)15-17-9-4-3-5-10-17;/h3-7,9-12H,2,8,13-16,22H2,1H3;1H. The zero-order valence-corrected chi connectivity index (χ0v) is 16.9. The highest BCUT2D eigenvalue weighted by Crippen LogP contribution is 2.14. The molecule has 0 aliphatic heterocycles. The van der Waals surface area contributed by atoms with Crippen molar-refractivity contribution in [2.24, 2.45) is 5.73 Å². The second-order valence-corrected chi connectivity index (χ2v) is 6.54. The number of benzene rings is 2. The highest BCUT2D eigenvalue weighted by atomic mass is 35.5. The van der Waals surface area contributed by atoms with Crippen LogP contribution in [-0.4, -0.2) is 33.0 Å². The van der Waals surface area contributed by atoms with Crippen LogP contribution in [0.1, 0.15) is 18.9 Å². The fourth-order valence-electron chi connectivity index (χ4n) is 3.34. The Labute approximate surface area is 171 Å². The number of para-hydroxylation sites is 2. The molecule has 7 heteroatoms. The van der Waals surface area contributed by atoms with Crippen molar-refractivity contribution >= 4 is 29.3 Å². The van der Waals surface area contributed by atoms with Crippen LogP contribution in [-0.2, 0) is 24.4 Å². The van der Waals surface area contributed by atoms with Gasteiger partial charge >= 0.3 is 5.69 Å². The Kier molecular flexibility index (Phi) is 7.84. The number of hydrogen-bond acceptors (Lipinski definition) is 3. The summed E-state index contributed by atoms with van der Waals surface area (Å²) in [6.07, 6.45) is 0.726. The lowest BCUT2D eigenvalue weighted by Crippen LogP contribution is -2.37. The molecule has 3 rings (SSSR count). The minimum atomic E-state index is -0.148. The summed E-state index contributed by atoms with van der Waals surface area (Å²) in [7, 11) is 0. The van der Waals surface area contributed by atoms with Crippen LogP contribution in [0.25, 0.3) is 11.0 Å². The molecule has 3 aromatic rings. The summed E-state index contributed by atoms with van der Waals surface area (Å²) >= 11 is 0. The molecule has 0 aliphatic rings. The van der Waals surface area contributed by atoms with Gasteiger partial charge in [0.15, 0.2) is 0 Å². The predicted octanol–water partition coefficient (Wildman–Crippen LogP) is 2.62. The van der Waals surface area contributed by atoms with E-state index in [2.05, 4.69) is 0 Å². The van der Waals surface area contributed by atoms with Gasteiger partial charge in [-0.25, -0.2) is 4.79 Å². The Balaban J connectivity index is 0.00000280. The first kappa shape index (κ1) is 21.7. The van der Waals surface area contributed by atoms with Gasteiger partial charge in [0, 0.05) is 19.6 Å². The summed E-state index contributed by atoms with van der Waals surface area (Å²) in [4.78, 5) is 27.6. The third kappa shape index (κ3) is 4.64. The van der Waals surface area contributed by atoms with Crippen LogP contribution >= 0.6 is 12.4 Å². The maximum atomic E-state index is 13.0. The molecule has 0 aliphatic carbocycles. The summed E-state index contributed by atoms with van der Waals surface area (Å²) in [5.41, 5.74) is 8.20. The molecule has 0 fully saturated rings. The number of imidazole rings is 1. The topological polar surface area (TPSA) is 73.3 Å². The van der Waals surface area contributed by atoms with Crippen LogP contribution < -0.4 is 11.4 Å². The zero-order valence-electron chi connectivity index (χ0n) is 16.1. The number of hydrogen-bond donors (Lipinski definition) is 1. The number of carbonyl (C=O) groups is 1. The largest absolute Gasteiger partial charge is 0.337 e. The molecular weight excluding hydrogens is 376 g/mol. The lowest BCUT2D eigenvalue weighted by molar-refractivity contribution is -0.132. The first-order valence-electron chi connectivity index (χ1n) is 9.35. The number of fused-ring (bicyclic) bond motifs is 1. The molecule has 150 valence electrons. The number of aromatic nitrogens is 2. The molecule has 0 saturated heterocycles. The van der Waals surface area contributed by atoms with Gasteiger partial charge in [-0.3, -0.25) is 13.9 Å². The Morgan fingerprint density at radius 1 is 1.00 bits per heavy atom. The van der Waals surface area contributed by atoms with Gasteiger partial charge in [0.25, 0.3) is 0 Å². The number of nitrogens with zero attached hydrogens (tertiary/aromatic N) is 3. The minimum Gasteiger partial charge on any atom is -0.337 e. The van der Waals surface area contributed by atoms with Gasteiger partial charge in [0.2, 0.25) is 5.91 Å². The molecule has 2 aromatic carbocycles. The van der Waals surface area contributed by atoms with Crippen molar-refractivity contribution in [2.45, 2.75) is 33.0 Å². The molecule has 0 spiro atoms. The van der Waals surface area contributed by atoms with E-state index < -0.39 is 0 Å². The molecule has 6 nitrogen and oxygen atoms in total. The Bertz CT molecular complexity index is 965. The van der Waals surface area contributed by atoms with E-state index in [1.165, 1.54) is 0 Å². The first-order chi connectivity index (χ1) is 13.2. The minimum absolute atomic E-state index is 0. The molecule has 0 radical (unpaired) electrons. The van der Waals surface area contributed by atoms with E-state index in [0.717, 1.165) is 23.0 Å². The molecule has 0 atom stereocenters. The monoisotopic (exact) mass is 402 g/mol. The molecule has 2 N–H and O–H groups in total. The van der Waals surface area contributed by atoms with Crippen molar-refractivity contribution in [1.29, 1.82) is 0 Å². The van der Waals surface area contributed by atoms with E-state index in [1.54, 1.807) is 14.0 Å². The lowest BCUT2D eigenvalue weighted by Gasteiger charge is -2.23. The van der Waals surface area contributed by atoms with E-state index in [0.29, 0.717) is 26.2 Å². The fraction of sp³-hybridized carbons (Fsp3) is 0.333. The van der Waals surface area contributed by atoms with E-state index in [9.17, 15) is 9.59 Å². The number of halogens is 1. The summed E-state index contributed by atoms with van der Waals surface area (Å²) in [5, 5.41) is 0. The zero-order chi connectivity index (χ0) is 19.2. The van der Waals surface area contributed by atoms with Gasteiger partial charge in [0.1, 0.15) is 6.54 Å². The van der Waals surface area contributed by atoms with E-state index in [4.69, 9.17) is 5.73 Å². The summed E-state index contributed by atoms with van der Waals surface area (Å²) < 4.78 is 3.27. The van der Waals surface area contributed by atoms with Crippen molar-refractivity contribution < 1.29 is 4.79 Å². The third-order valence-corrected chi connectivity index (χ3v) is 4.74. The highest BCUT2D eigenvalue weighted by Gasteiger charge is 2.19. The van der Waals surface area contributed by atoms with Crippen molar-refractivity contribution in [3.8, 4) is 0 Å². The number of aryl methyl sites for hydroxylation is 1. The third-order valence-electron chi connectivity index (χ3n) is 4.74. The average Bonchev–Trinajstić information content (AvgIpc) is 2.97. The molecule has 0 saturated carbocycles. The molecule has 0 bridgehead atoms. The Morgan fingerprint density at radius 3 is 2.21 bits per heavy atom. The first-order valence-corrected chi connectivity index (χ1v) is 9.35. The summed E-state index contributed by atoms with van der Waals surface area (Å²) in [5.74, 6) is -0.0755. The van der Waals surface area contributed by atoms with Crippen LogP contribution in [0, 0.1) is 0 Å². The lowest BCUT2D eigenvalue weighted by atomic mass is 10.2. The van der Waals surface area contributed by atoms with Crippen molar-refractivity contribution in [1.82, 2.24) is 14.0 Å². The van der Waals surface area contributed by atoms with Crippen molar-refractivity contribution in [3.05, 3.63) is 70.6 Å². The van der Waals surface area contributed by atoms with Gasteiger partial charge in [-0.15, -0.1) is 12.4 Å². The molecule has 1 heterocycles. The molecular formula is C21H27ClN4O2. The van der Waals surface area contributed by atoms with Gasteiger partial charge in [-0.2, -0.15) is 0 Å². The second kappa shape index (κ2) is 10.1. The van der Waals surface area contributed by atoms with Crippen LogP contribution in [0.5, 0.6) is 0 Å². The molecule has 0 unspecified atom stereocenters. The maximum Gasteiger partial charge on any atom is 0.329 e. The number of nitrogens with two attached hydrogens (primary N) is 1. The van der Waals surface area contributed by atoms with Gasteiger partial charge in [-0.05, 0) is 37.6 Å². The summed E-state index contributed by atoms with van der Waals surface area (Å²) in [6, 6.07) is 17.5. The van der Waals surface area contributed by atoms with Crippen molar-refractivity contribution in [2.75, 3.05) is 13.1 Å². The Morgan fingerprint density at radius 2 is 1.61 bits per heavy atom. The normalized spacial score (nSPS) is 10.6. The van der Waals surface area contributed by atoms with Crippen LogP contribution in [0.2, 0.25) is 0 Å². The second-order valence-electron chi connectivity index (χ2n) is 6.54. The molecule has 28 heavy (non-hydrogen) atoms. The summed E-state index contributed by atoms with van der Waals surface area (Å²) in [6.45, 7) is 4.15. The van der Waals surface area contributed by atoms with Crippen molar-refractivity contribution in [3.63, 3.8) is 0 Å². The quantitative estimate of drug-likeness (QED) is 0.629. The van der Waals surface area contributed by atoms with Crippen LogP contribution in [0.15, 0.2) is 59.4 Å². The molecule has 1 aromatic heterocycles. The fourth-order valence-corrected chi connectivity index (χ4v) is 3.34. The van der Waals surface area contributed by atoms with Gasteiger partial charge in [-0.1, -0.05) is 42.5 Å². The SMILES string of the molecule is CCn1c(=O)n(CC(=O)N(CCCN)Cc2ccccc2)c2ccccc21.Cl. The number of rotatable bonds is 8. The smallest absolute Gasteiger partial charge is 0.329 e. The number of carbonyl (C=O) groups excluding carboxylic acids is 1. The maximum absolute atomic E-state index is 13.0. The van der Waals surface area contributed by atoms with E-state index in [1.807, 2.05) is 61.5 Å². The molecule has 1 amide bonds. The highest BCUT2D eigenvalue weighted by molar-refractivity contribution is 5.85. The van der Waals surface area contributed by atoms with Gasteiger partial charge < -0.3 is 10.6 Å². The Hall–Kier alpha value is -2.57. The van der Waals surface area contributed by atoms with E-state index >= 15 is 0 Å². The van der Waals surface area contributed by atoms with Crippen LogP contribution in [0.3, 0.4) is 0 Å². The van der Waals surface area contributed by atoms with Crippen LogP contribution in [0.4, 0.5) is 0 Å².